The third kappa shape index (κ3) is 6.68. The summed E-state index contributed by atoms with van der Waals surface area (Å²) in [5, 5.41) is 0.762. The van der Waals surface area contributed by atoms with Crippen LogP contribution in [0.15, 0.2) is 34.3 Å². The van der Waals surface area contributed by atoms with E-state index in [4.69, 9.17) is 0 Å². The van der Waals surface area contributed by atoms with Gasteiger partial charge in [0, 0.05) is 14.1 Å². The summed E-state index contributed by atoms with van der Waals surface area (Å²) in [5.41, 5.74) is 2.17. The summed E-state index contributed by atoms with van der Waals surface area (Å²) < 4.78 is 0. The smallest absolute Gasteiger partial charge is 0.189 e. The summed E-state index contributed by atoms with van der Waals surface area (Å²) in [6, 6.07) is 8.09. The third-order valence-electron chi connectivity index (χ3n) is 1.84. The molecular formula is C12H18IN3S. The van der Waals surface area contributed by atoms with E-state index in [1.165, 1.54) is 17.3 Å². The zero-order chi connectivity index (χ0) is 12.0. The number of aryl methyl sites for hydroxylation is 1. The van der Waals surface area contributed by atoms with Crippen LogP contribution in [0.4, 0.5) is 5.69 Å². The number of halogens is 1. The highest BCUT2D eigenvalue weighted by atomic mass is 127. The van der Waals surface area contributed by atoms with Crippen molar-refractivity contribution in [3.8, 4) is 0 Å². The molecule has 5 heteroatoms. The second-order valence-electron chi connectivity index (χ2n) is 3.64. The van der Waals surface area contributed by atoms with E-state index in [9.17, 15) is 0 Å². The van der Waals surface area contributed by atoms with E-state index in [0.717, 1.165) is 10.9 Å². The van der Waals surface area contributed by atoms with Gasteiger partial charge in [-0.2, -0.15) is 0 Å². The van der Waals surface area contributed by atoms with Gasteiger partial charge in [0.15, 0.2) is 5.17 Å². The Bertz CT molecular complexity index is 385. The number of amidine groups is 1. The van der Waals surface area contributed by atoms with Crippen molar-refractivity contribution in [3.63, 3.8) is 0 Å². The van der Waals surface area contributed by atoms with Crippen LogP contribution in [0.25, 0.3) is 0 Å². The van der Waals surface area contributed by atoms with Crippen molar-refractivity contribution >= 4 is 52.9 Å². The van der Waals surface area contributed by atoms with Crippen LogP contribution in [0.5, 0.6) is 0 Å². The van der Waals surface area contributed by atoms with Crippen molar-refractivity contribution in [1.29, 1.82) is 0 Å². The summed E-state index contributed by atoms with van der Waals surface area (Å²) in [6.07, 6.45) is 3.73. The van der Waals surface area contributed by atoms with Gasteiger partial charge in [-0.25, -0.2) is 9.98 Å². The zero-order valence-electron chi connectivity index (χ0n) is 10.5. The van der Waals surface area contributed by atoms with E-state index in [1.54, 1.807) is 6.34 Å². The number of hydrogen-bond donors (Lipinski definition) is 0. The minimum atomic E-state index is 0. The Morgan fingerprint density at radius 1 is 1.24 bits per heavy atom. The van der Waals surface area contributed by atoms with Gasteiger partial charge < -0.3 is 4.90 Å². The average molecular weight is 363 g/mol. The maximum absolute atomic E-state index is 4.45. The van der Waals surface area contributed by atoms with Crippen molar-refractivity contribution in [3.05, 3.63) is 29.8 Å². The lowest BCUT2D eigenvalue weighted by molar-refractivity contribution is 0.644. The molecule has 17 heavy (non-hydrogen) atoms. The predicted molar refractivity (Wildman–Crippen MR) is 89.4 cm³/mol. The molecule has 1 aromatic rings. The summed E-state index contributed by atoms with van der Waals surface area (Å²) >= 11 is 1.54. The summed E-state index contributed by atoms with van der Waals surface area (Å²) in [7, 11) is 3.88. The molecule has 0 saturated heterocycles. The average Bonchev–Trinajstić information content (AvgIpc) is 2.26. The van der Waals surface area contributed by atoms with E-state index in [2.05, 4.69) is 16.9 Å². The van der Waals surface area contributed by atoms with E-state index in [-0.39, 0.29) is 24.0 Å². The fraction of sp³-hybridized carbons (Fsp3) is 0.333. The van der Waals surface area contributed by atoms with Gasteiger partial charge in [-0.1, -0.05) is 29.5 Å². The first-order chi connectivity index (χ1) is 7.61. The Balaban J connectivity index is 0.00000256. The number of benzene rings is 1. The highest BCUT2D eigenvalue weighted by molar-refractivity contribution is 14.0. The van der Waals surface area contributed by atoms with Crippen LogP contribution < -0.4 is 0 Å². The minimum Gasteiger partial charge on any atom is -0.369 e. The first kappa shape index (κ1) is 16.4. The zero-order valence-corrected chi connectivity index (χ0v) is 13.7. The van der Waals surface area contributed by atoms with Gasteiger partial charge in [0.25, 0.3) is 0 Å². The topological polar surface area (TPSA) is 28.0 Å². The van der Waals surface area contributed by atoms with Gasteiger partial charge in [-0.15, -0.1) is 24.0 Å². The molecule has 1 rings (SSSR count). The molecule has 0 atom stereocenters. The molecule has 94 valence electrons. The van der Waals surface area contributed by atoms with Crippen LogP contribution in [-0.4, -0.2) is 36.8 Å². The Hall–Kier alpha value is -0.560. The lowest BCUT2D eigenvalue weighted by Crippen LogP contribution is -2.08. The highest BCUT2D eigenvalue weighted by Gasteiger charge is 1.94. The van der Waals surface area contributed by atoms with Gasteiger partial charge in [0.1, 0.15) is 0 Å². The van der Waals surface area contributed by atoms with Crippen molar-refractivity contribution in [2.45, 2.75) is 6.92 Å². The quantitative estimate of drug-likeness (QED) is 0.457. The maximum Gasteiger partial charge on any atom is 0.189 e. The molecule has 0 radical (unpaired) electrons. The molecule has 0 N–H and O–H groups in total. The molecule has 0 aromatic heterocycles. The minimum absolute atomic E-state index is 0. The summed E-state index contributed by atoms with van der Waals surface area (Å²) in [4.78, 5) is 10.6. The largest absolute Gasteiger partial charge is 0.369 e. The first-order valence-electron chi connectivity index (χ1n) is 5.02. The van der Waals surface area contributed by atoms with Crippen LogP contribution in [0.1, 0.15) is 5.56 Å². The van der Waals surface area contributed by atoms with Gasteiger partial charge in [-0.3, -0.25) is 0 Å². The van der Waals surface area contributed by atoms with Crippen LogP contribution in [0, 0.1) is 6.92 Å². The van der Waals surface area contributed by atoms with E-state index in [0.29, 0.717) is 0 Å². The first-order valence-corrected chi connectivity index (χ1v) is 6.24. The van der Waals surface area contributed by atoms with E-state index >= 15 is 0 Å². The molecule has 0 unspecified atom stereocenters. The van der Waals surface area contributed by atoms with Crippen LogP contribution >= 0.6 is 35.7 Å². The molecule has 1 aromatic carbocycles. The molecule has 0 fully saturated rings. The molecule has 0 amide bonds. The molecule has 0 aliphatic rings. The SMILES string of the molecule is CSC(=Nc1ccc(C)cc1)/N=C/N(C)C.I. The van der Waals surface area contributed by atoms with Crippen molar-refractivity contribution in [2.24, 2.45) is 9.98 Å². The Kier molecular flexibility index (Phi) is 8.24. The van der Waals surface area contributed by atoms with Crippen LogP contribution in [0.2, 0.25) is 0 Å². The molecule has 3 nitrogen and oxygen atoms in total. The van der Waals surface area contributed by atoms with Crippen molar-refractivity contribution < 1.29 is 0 Å². The van der Waals surface area contributed by atoms with Gasteiger partial charge in [0.05, 0.1) is 12.0 Å². The van der Waals surface area contributed by atoms with Gasteiger partial charge in [-0.05, 0) is 25.3 Å². The van der Waals surface area contributed by atoms with Crippen LogP contribution in [-0.2, 0) is 0 Å². The Labute approximate surface area is 124 Å². The molecule has 0 spiro atoms. The molecule has 0 heterocycles. The Morgan fingerprint density at radius 2 is 1.82 bits per heavy atom. The highest BCUT2D eigenvalue weighted by Crippen LogP contribution is 2.15. The summed E-state index contributed by atoms with van der Waals surface area (Å²) in [6.45, 7) is 2.06. The van der Waals surface area contributed by atoms with Crippen molar-refractivity contribution in [1.82, 2.24) is 4.90 Å². The van der Waals surface area contributed by atoms with Crippen LogP contribution in [0.3, 0.4) is 0 Å². The maximum atomic E-state index is 4.45. The standard InChI is InChI=1S/C12H17N3S.HI/c1-10-5-7-11(8-6-10)14-12(16-4)13-9-15(2)3;/h5-9H,1-4H3;1H/b13-9+,14-12?;. The second-order valence-corrected chi connectivity index (χ2v) is 4.42. The number of rotatable bonds is 2. The second kappa shape index (κ2) is 8.52. The number of aliphatic imine (C=N–C) groups is 2. The lowest BCUT2D eigenvalue weighted by Gasteiger charge is -2.03. The number of nitrogens with zero attached hydrogens (tertiary/aromatic N) is 3. The fourth-order valence-electron chi connectivity index (χ4n) is 1.02. The van der Waals surface area contributed by atoms with Crippen molar-refractivity contribution in [2.75, 3.05) is 20.4 Å². The van der Waals surface area contributed by atoms with Gasteiger partial charge >= 0.3 is 0 Å². The van der Waals surface area contributed by atoms with Gasteiger partial charge in [0.2, 0.25) is 0 Å². The fourth-order valence-corrected chi connectivity index (χ4v) is 1.37. The lowest BCUT2D eigenvalue weighted by atomic mass is 10.2. The molecule has 0 aliphatic heterocycles. The monoisotopic (exact) mass is 363 g/mol. The summed E-state index contributed by atoms with van der Waals surface area (Å²) in [5.74, 6) is 0. The van der Waals surface area contributed by atoms with E-state index < -0.39 is 0 Å². The normalized spacial score (nSPS) is 11.4. The van der Waals surface area contributed by atoms with E-state index in [1.807, 2.05) is 49.5 Å². The number of thioether (sulfide) groups is 1. The number of hydrogen-bond acceptors (Lipinski definition) is 2. The molecule has 0 saturated carbocycles. The third-order valence-corrected chi connectivity index (χ3v) is 2.40. The predicted octanol–water partition coefficient (Wildman–Crippen LogP) is 3.55. The molecule has 0 bridgehead atoms. The molecular weight excluding hydrogens is 345 g/mol. The Morgan fingerprint density at radius 3 is 2.29 bits per heavy atom. The molecule has 0 aliphatic carbocycles.